The summed E-state index contributed by atoms with van der Waals surface area (Å²) in [6, 6.07) is 28.1. The maximum absolute atomic E-state index is 13.3. The Morgan fingerprint density at radius 3 is 2.61 bits per heavy atom. The molecule has 0 spiro atoms. The van der Waals surface area contributed by atoms with Gasteiger partial charge in [-0.3, -0.25) is 4.79 Å². The zero-order valence-corrected chi connectivity index (χ0v) is 21.7. The first-order chi connectivity index (χ1) is 18.6. The van der Waals surface area contributed by atoms with E-state index in [1.165, 1.54) is 5.56 Å². The number of carbonyl (C=O) groups excluding carboxylic acids is 1. The highest BCUT2D eigenvalue weighted by molar-refractivity contribution is 6.07. The molecule has 5 nitrogen and oxygen atoms in total. The third-order valence-electron chi connectivity index (χ3n) is 6.78. The Hall–Kier alpha value is -4.56. The average Bonchev–Trinajstić information content (AvgIpc) is 3.32. The fourth-order valence-corrected chi connectivity index (χ4v) is 4.85. The number of unbranched alkanes of at least 4 members (excludes halogenated alkanes) is 1. The summed E-state index contributed by atoms with van der Waals surface area (Å²) in [6.07, 6.45) is 2.74. The third-order valence-corrected chi connectivity index (χ3v) is 6.78. The van der Waals surface area contributed by atoms with E-state index in [1.807, 2.05) is 42.5 Å². The highest BCUT2D eigenvalue weighted by atomic mass is 16.5. The number of nitrogens with zero attached hydrogens (tertiary/aromatic N) is 1. The second-order valence-corrected chi connectivity index (χ2v) is 9.49. The molecule has 0 atom stereocenters. The number of benzene rings is 4. The number of carbonyl (C=O) groups is 1. The number of fused-ring (bicyclic) bond motifs is 2. The van der Waals surface area contributed by atoms with Gasteiger partial charge in [0.15, 0.2) is 6.61 Å². The Balaban J connectivity index is 1.44. The van der Waals surface area contributed by atoms with Crippen molar-refractivity contribution in [2.75, 3.05) is 6.61 Å². The topological polar surface area (TPSA) is 75.3 Å². The van der Waals surface area contributed by atoms with Gasteiger partial charge in [0.05, 0.1) is 5.56 Å². The molecule has 5 heteroatoms. The van der Waals surface area contributed by atoms with Crippen molar-refractivity contribution in [1.29, 1.82) is 5.26 Å². The number of nitrogens with one attached hydrogen (secondary N) is 1. The first-order valence-corrected chi connectivity index (χ1v) is 13.0. The minimum atomic E-state index is -0.123. The van der Waals surface area contributed by atoms with Crippen LogP contribution in [-0.4, -0.2) is 12.5 Å². The molecule has 0 unspecified atom stereocenters. The Bertz CT molecular complexity index is 1640. The second-order valence-electron chi connectivity index (χ2n) is 9.49. The molecule has 1 amide bonds. The molecule has 0 saturated heterocycles. The van der Waals surface area contributed by atoms with Crippen LogP contribution in [0.25, 0.3) is 32.9 Å². The van der Waals surface area contributed by atoms with Gasteiger partial charge in [0.1, 0.15) is 23.2 Å². The molecule has 38 heavy (non-hydrogen) atoms. The summed E-state index contributed by atoms with van der Waals surface area (Å²) in [5.74, 6) is 1.30. The molecular weight excluding hydrogens is 472 g/mol. The highest BCUT2D eigenvalue weighted by Crippen LogP contribution is 2.38. The van der Waals surface area contributed by atoms with Gasteiger partial charge in [0.25, 0.3) is 5.91 Å². The van der Waals surface area contributed by atoms with Crippen LogP contribution in [0.3, 0.4) is 0 Å². The van der Waals surface area contributed by atoms with Crippen molar-refractivity contribution in [1.82, 2.24) is 5.32 Å². The summed E-state index contributed by atoms with van der Waals surface area (Å²) < 4.78 is 11.8. The number of hydrogen-bond acceptors (Lipinski definition) is 4. The van der Waals surface area contributed by atoms with Gasteiger partial charge in [-0.1, -0.05) is 79.6 Å². The smallest absolute Gasteiger partial charge is 0.255 e. The number of amides is 1. The number of nitriles is 1. The van der Waals surface area contributed by atoms with Crippen LogP contribution in [0.5, 0.6) is 5.75 Å². The van der Waals surface area contributed by atoms with Gasteiger partial charge in [0, 0.05) is 23.9 Å². The fourth-order valence-electron chi connectivity index (χ4n) is 4.85. The SMILES string of the molecule is CCCCc1oc2ccccc2c1C(=O)NCc1ccc2c(-c3ccc(C)cc3)c(OCC#N)ccc2c1. The molecule has 0 saturated carbocycles. The molecule has 0 radical (unpaired) electrons. The average molecular weight is 503 g/mol. The van der Waals surface area contributed by atoms with Gasteiger partial charge in [-0.2, -0.15) is 5.26 Å². The summed E-state index contributed by atoms with van der Waals surface area (Å²) >= 11 is 0. The van der Waals surface area contributed by atoms with Crippen LogP contribution in [0.1, 0.15) is 47.0 Å². The van der Waals surface area contributed by atoms with Crippen LogP contribution in [0.4, 0.5) is 0 Å². The number of aryl methyl sites for hydroxylation is 2. The summed E-state index contributed by atoms with van der Waals surface area (Å²) in [4.78, 5) is 13.3. The summed E-state index contributed by atoms with van der Waals surface area (Å²) in [5, 5.41) is 15.1. The van der Waals surface area contributed by atoms with Crippen molar-refractivity contribution in [3.8, 4) is 22.9 Å². The second kappa shape index (κ2) is 11.2. The maximum atomic E-state index is 13.3. The predicted octanol–water partition coefficient (Wildman–Crippen LogP) is 7.74. The van der Waals surface area contributed by atoms with Crippen LogP contribution in [0.15, 0.2) is 83.3 Å². The summed E-state index contributed by atoms with van der Waals surface area (Å²) in [7, 11) is 0. The Morgan fingerprint density at radius 2 is 1.82 bits per heavy atom. The molecule has 4 aromatic carbocycles. The van der Waals surface area contributed by atoms with E-state index in [0.29, 0.717) is 17.9 Å². The van der Waals surface area contributed by atoms with E-state index >= 15 is 0 Å². The molecule has 5 rings (SSSR count). The van der Waals surface area contributed by atoms with E-state index in [4.69, 9.17) is 14.4 Å². The van der Waals surface area contributed by atoms with Crippen molar-refractivity contribution < 1.29 is 13.9 Å². The monoisotopic (exact) mass is 502 g/mol. The van der Waals surface area contributed by atoms with E-state index in [0.717, 1.165) is 63.5 Å². The number of para-hydroxylation sites is 1. The fraction of sp³-hybridized carbons (Fsp3) is 0.212. The van der Waals surface area contributed by atoms with E-state index in [9.17, 15) is 4.79 Å². The molecule has 0 aliphatic heterocycles. The molecule has 1 aromatic heterocycles. The zero-order valence-electron chi connectivity index (χ0n) is 21.7. The van der Waals surface area contributed by atoms with E-state index in [2.05, 4.69) is 61.6 Å². The summed E-state index contributed by atoms with van der Waals surface area (Å²) in [6.45, 7) is 4.57. The van der Waals surface area contributed by atoms with Crippen LogP contribution >= 0.6 is 0 Å². The third kappa shape index (κ3) is 5.12. The van der Waals surface area contributed by atoms with Crippen LogP contribution in [-0.2, 0) is 13.0 Å². The highest BCUT2D eigenvalue weighted by Gasteiger charge is 2.20. The first kappa shape index (κ1) is 25.1. The molecule has 0 bridgehead atoms. The number of hydrogen-bond donors (Lipinski definition) is 1. The Morgan fingerprint density at radius 1 is 1.00 bits per heavy atom. The Labute approximate surface area is 222 Å². The molecule has 1 N–H and O–H groups in total. The molecule has 5 aromatic rings. The Kier molecular flexibility index (Phi) is 7.42. The molecule has 0 aliphatic rings. The standard InChI is InChI=1S/C33H30N2O3/c1-3-4-8-30-32(27-7-5-6-9-28(27)38-30)33(36)35-21-23-12-16-26-25(20-23)15-17-29(37-19-18-34)31(26)24-13-10-22(2)11-14-24/h5-7,9-17,20H,3-4,8,19,21H2,1-2H3,(H,35,36). The maximum Gasteiger partial charge on any atom is 0.255 e. The van der Waals surface area contributed by atoms with Crippen molar-refractivity contribution in [2.45, 2.75) is 39.7 Å². The normalized spacial score (nSPS) is 11.0. The van der Waals surface area contributed by atoms with Crippen LogP contribution in [0.2, 0.25) is 0 Å². The molecular formula is C33H30N2O3. The first-order valence-electron chi connectivity index (χ1n) is 13.0. The molecule has 0 aliphatic carbocycles. The van der Waals surface area contributed by atoms with Gasteiger partial charge >= 0.3 is 0 Å². The number of furan rings is 1. The minimum absolute atomic E-state index is 0.0164. The van der Waals surface area contributed by atoms with Gasteiger partial charge < -0.3 is 14.5 Å². The molecule has 0 fully saturated rings. The lowest BCUT2D eigenvalue weighted by Crippen LogP contribution is -2.23. The van der Waals surface area contributed by atoms with E-state index in [-0.39, 0.29) is 12.5 Å². The van der Waals surface area contributed by atoms with Crippen molar-refractivity contribution in [2.24, 2.45) is 0 Å². The van der Waals surface area contributed by atoms with E-state index in [1.54, 1.807) is 0 Å². The van der Waals surface area contributed by atoms with Crippen LogP contribution < -0.4 is 10.1 Å². The lowest BCUT2D eigenvalue weighted by molar-refractivity contribution is 0.0950. The van der Waals surface area contributed by atoms with E-state index < -0.39 is 0 Å². The number of rotatable bonds is 9. The van der Waals surface area contributed by atoms with Gasteiger partial charge in [-0.05, 0) is 53.4 Å². The van der Waals surface area contributed by atoms with Gasteiger partial charge in [0.2, 0.25) is 0 Å². The lowest BCUT2D eigenvalue weighted by Gasteiger charge is -2.15. The minimum Gasteiger partial charge on any atom is -0.478 e. The van der Waals surface area contributed by atoms with Crippen LogP contribution in [0, 0.1) is 18.3 Å². The van der Waals surface area contributed by atoms with Gasteiger partial charge in [-0.15, -0.1) is 0 Å². The van der Waals surface area contributed by atoms with Gasteiger partial charge in [-0.25, -0.2) is 0 Å². The zero-order chi connectivity index (χ0) is 26.5. The number of ether oxygens (including phenoxy) is 1. The van der Waals surface area contributed by atoms with Crippen molar-refractivity contribution in [3.63, 3.8) is 0 Å². The van der Waals surface area contributed by atoms with Crippen molar-refractivity contribution in [3.05, 3.63) is 101 Å². The lowest BCUT2D eigenvalue weighted by atomic mass is 9.95. The molecule has 190 valence electrons. The summed E-state index contributed by atoms with van der Waals surface area (Å²) in [5.41, 5.74) is 5.53. The largest absolute Gasteiger partial charge is 0.478 e. The predicted molar refractivity (Wildman–Crippen MR) is 151 cm³/mol. The molecule has 1 heterocycles. The quantitative estimate of drug-likeness (QED) is 0.224. The van der Waals surface area contributed by atoms with Crippen molar-refractivity contribution >= 4 is 27.6 Å².